The SMILES string of the molecule is CCO[C@@H](Cc1ccc(OCc2cc(OC)ccn2)cc1)C(=O)O.Cl. The highest BCUT2D eigenvalue weighted by Gasteiger charge is 2.17. The summed E-state index contributed by atoms with van der Waals surface area (Å²) in [5, 5.41) is 9.11. The lowest BCUT2D eigenvalue weighted by Gasteiger charge is -2.13. The fourth-order valence-corrected chi connectivity index (χ4v) is 2.17. The van der Waals surface area contributed by atoms with E-state index < -0.39 is 12.1 Å². The van der Waals surface area contributed by atoms with Gasteiger partial charge in [-0.15, -0.1) is 12.4 Å². The van der Waals surface area contributed by atoms with Crippen molar-refractivity contribution in [2.45, 2.75) is 26.1 Å². The first-order chi connectivity index (χ1) is 11.6. The Morgan fingerprint density at radius 2 is 1.92 bits per heavy atom. The van der Waals surface area contributed by atoms with Crippen molar-refractivity contribution in [3.05, 3.63) is 53.9 Å². The number of hydrogen-bond acceptors (Lipinski definition) is 5. The van der Waals surface area contributed by atoms with Crippen molar-refractivity contribution in [2.24, 2.45) is 0 Å². The van der Waals surface area contributed by atoms with Crippen LogP contribution in [0.15, 0.2) is 42.6 Å². The molecule has 7 heteroatoms. The number of ether oxygens (including phenoxy) is 3. The van der Waals surface area contributed by atoms with E-state index in [0.717, 1.165) is 17.0 Å². The molecule has 0 fully saturated rings. The Morgan fingerprint density at radius 1 is 1.20 bits per heavy atom. The summed E-state index contributed by atoms with van der Waals surface area (Å²) in [6.07, 6.45) is 1.16. The highest BCUT2D eigenvalue weighted by molar-refractivity contribution is 5.85. The van der Waals surface area contributed by atoms with Crippen molar-refractivity contribution in [3.63, 3.8) is 0 Å². The molecule has 25 heavy (non-hydrogen) atoms. The van der Waals surface area contributed by atoms with Gasteiger partial charge in [0.05, 0.1) is 12.8 Å². The van der Waals surface area contributed by atoms with Crippen LogP contribution >= 0.6 is 12.4 Å². The number of aliphatic carboxylic acids is 1. The molecule has 2 rings (SSSR count). The molecule has 1 heterocycles. The van der Waals surface area contributed by atoms with Crippen LogP contribution in [0.25, 0.3) is 0 Å². The van der Waals surface area contributed by atoms with E-state index in [-0.39, 0.29) is 12.4 Å². The second kappa shape index (κ2) is 10.5. The van der Waals surface area contributed by atoms with E-state index >= 15 is 0 Å². The molecular formula is C18H22ClNO5. The van der Waals surface area contributed by atoms with Crippen LogP contribution < -0.4 is 9.47 Å². The number of aromatic nitrogens is 1. The smallest absolute Gasteiger partial charge is 0.333 e. The van der Waals surface area contributed by atoms with Gasteiger partial charge < -0.3 is 19.3 Å². The molecule has 1 aromatic heterocycles. The molecule has 2 aromatic rings. The summed E-state index contributed by atoms with van der Waals surface area (Å²) >= 11 is 0. The Labute approximate surface area is 153 Å². The molecular weight excluding hydrogens is 346 g/mol. The number of carbonyl (C=O) groups is 1. The van der Waals surface area contributed by atoms with E-state index in [1.165, 1.54) is 0 Å². The maximum atomic E-state index is 11.1. The largest absolute Gasteiger partial charge is 0.497 e. The quantitative estimate of drug-likeness (QED) is 0.733. The Hall–Kier alpha value is -2.31. The molecule has 1 aromatic carbocycles. The van der Waals surface area contributed by atoms with Crippen LogP contribution in [0.5, 0.6) is 11.5 Å². The van der Waals surface area contributed by atoms with Crippen LogP contribution in [0, 0.1) is 0 Å². The number of pyridine rings is 1. The average Bonchev–Trinajstić information content (AvgIpc) is 2.61. The minimum atomic E-state index is -0.957. The molecule has 0 aliphatic rings. The summed E-state index contributed by atoms with van der Waals surface area (Å²) in [5.74, 6) is 0.461. The maximum absolute atomic E-state index is 11.1. The monoisotopic (exact) mass is 367 g/mol. The number of benzene rings is 1. The third-order valence-corrected chi connectivity index (χ3v) is 3.40. The zero-order valence-corrected chi connectivity index (χ0v) is 15.0. The van der Waals surface area contributed by atoms with Crippen LogP contribution in [0.1, 0.15) is 18.2 Å². The molecule has 0 aliphatic carbocycles. The fraction of sp³-hybridized carbons (Fsp3) is 0.333. The van der Waals surface area contributed by atoms with Crippen molar-refractivity contribution < 1.29 is 24.1 Å². The molecule has 136 valence electrons. The average molecular weight is 368 g/mol. The standard InChI is InChI=1S/C18H21NO5.ClH/c1-3-23-17(18(20)21)10-13-4-6-15(7-5-13)24-12-14-11-16(22-2)8-9-19-14;/h4-9,11,17H,3,10,12H2,1-2H3,(H,20,21);1H/t17-;/m0./s1. The van der Waals surface area contributed by atoms with E-state index in [4.69, 9.17) is 19.3 Å². The number of methoxy groups -OCH3 is 1. The number of halogens is 1. The van der Waals surface area contributed by atoms with Gasteiger partial charge in [-0.05, 0) is 30.7 Å². The zero-order chi connectivity index (χ0) is 17.4. The molecule has 0 spiro atoms. The summed E-state index contributed by atoms with van der Waals surface area (Å²) in [4.78, 5) is 15.3. The normalized spacial score (nSPS) is 11.3. The van der Waals surface area contributed by atoms with Gasteiger partial charge in [0.15, 0.2) is 6.10 Å². The Balaban J connectivity index is 0.00000312. The number of nitrogens with zero attached hydrogens (tertiary/aromatic N) is 1. The molecule has 0 radical (unpaired) electrons. The Kier molecular flexibility index (Phi) is 8.74. The van der Waals surface area contributed by atoms with Crippen LogP contribution in [0.3, 0.4) is 0 Å². The van der Waals surface area contributed by atoms with Crippen LogP contribution in [0.4, 0.5) is 0 Å². The van der Waals surface area contributed by atoms with Crippen LogP contribution in [-0.2, 0) is 22.6 Å². The van der Waals surface area contributed by atoms with Gasteiger partial charge in [-0.3, -0.25) is 4.98 Å². The lowest BCUT2D eigenvalue weighted by molar-refractivity contribution is -0.149. The predicted octanol–water partition coefficient (Wildman–Crippen LogP) is 3.12. The lowest BCUT2D eigenvalue weighted by Crippen LogP contribution is -2.26. The summed E-state index contributed by atoms with van der Waals surface area (Å²) < 4.78 is 16.0. The van der Waals surface area contributed by atoms with Gasteiger partial charge in [0, 0.05) is 25.3 Å². The van der Waals surface area contributed by atoms with E-state index in [9.17, 15) is 4.79 Å². The zero-order valence-electron chi connectivity index (χ0n) is 14.2. The Morgan fingerprint density at radius 3 is 2.52 bits per heavy atom. The molecule has 1 atom stereocenters. The number of carboxylic acid groups (broad SMARTS) is 1. The molecule has 0 aliphatic heterocycles. The molecule has 0 unspecified atom stereocenters. The molecule has 0 bridgehead atoms. The lowest BCUT2D eigenvalue weighted by atomic mass is 10.1. The molecule has 0 amide bonds. The van der Waals surface area contributed by atoms with Crippen LogP contribution in [-0.4, -0.2) is 35.9 Å². The topological polar surface area (TPSA) is 77.9 Å². The molecule has 1 N–H and O–H groups in total. The Bertz CT molecular complexity index is 663. The van der Waals surface area contributed by atoms with Crippen molar-refractivity contribution in [2.75, 3.05) is 13.7 Å². The van der Waals surface area contributed by atoms with Crippen molar-refractivity contribution in [1.29, 1.82) is 0 Å². The maximum Gasteiger partial charge on any atom is 0.333 e. The summed E-state index contributed by atoms with van der Waals surface area (Å²) in [5.41, 5.74) is 1.64. The first kappa shape index (κ1) is 20.7. The second-order valence-corrected chi connectivity index (χ2v) is 5.11. The second-order valence-electron chi connectivity index (χ2n) is 5.11. The van der Waals surface area contributed by atoms with Gasteiger partial charge in [-0.2, -0.15) is 0 Å². The highest BCUT2D eigenvalue weighted by Crippen LogP contribution is 2.17. The van der Waals surface area contributed by atoms with Gasteiger partial charge in [0.2, 0.25) is 0 Å². The number of carboxylic acids is 1. The third kappa shape index (κ3) is 6.60. The van der Waals surface area contributed by atoms with Gasteiger partial charge in [0.25, 0.3) is 0 Å². The van der Waals surface area contributed by atoms with Gasteiger partial charge >= 0.3 is 5.97 Å². The first-order valence-electron chi connectivity index (χ1n) is 7.67. The summed E-state index contributed by atoms with van der Waals surface area (Å²) in [6.45, 7) is 2.47. The van der Waals surface area contributed by atoms with E-state index in [1.54, 1.807) is 38.4 Å². The molecule has 0 saturated carbocycles. The number of hydrogen-bond donors (Lipinski definition) is 1. The fourth-order valence-electron chi connectivity index (χ4n) is 2.17. The van der Waals surface area contributed by atoms with Crippen molar-refractivity contribution in [1.82, 2.24) is 4.98 Å². The van der Waals surface area contributed by atoms with Gasteiger partial charge in [-0.25, -0.2) is 4.79 Å². The number of rotatable bonds is 9. The van der Waals surface area contributed by atoms with Crippen molar-refractivity contribution >= 4 is 18.4 Å². The first-order valence-corrected chi connectivity index (χ1v) is 7.67. The predicted molar refractivity (Wildman–Crippen MR) is 95.6 cm³/mol. The minimum absolute atomic E-state index is 0. The molecule has 6 nitrogen and oxygen atoms in total. The van der Waals surface area contributed by atoms with Gasteiger partial charge in [-0.1, -0.05) is 12.1 Å². The van der Waals surface area contributed by atoms with Crippen LogP contribution in [0.2, 0.25) is 0 Å². The van der Waals surface area contributed by atoms with E-state index in [2.05, 4.69) is 4.98 Å². The highest BCUT2D eigenvalue weighted by atomic mass is 35.5. The van der Waals surface area contributed by atoms with Gasteiger partial charge in [0.1, 0.15) is 18.1 Å². The molecule has 0 saturated heterocycles. The van der Waals surface area contributed by atoms with E-state index in [0.29, 0.717) is 25.4 Å². The third-order valence-electron chi connectivity index (χ3n) is 3.40. The summed E-state index contributed by atoms with van der Waals surface area (Å²) in [7, 11) is 1.60. The van der Waals surface area contributed by atoms with E-state index in [1.807, 2.05) is 18.2 Å². The minimum Gasteiger partial charge on any atom is -0.497 e. The van der Waals surface area contributed by atoms with Crippen molar-refractivity contribution in [3.8, 4) is 11.5 Å². The summed E-state index contributed by atoms with van der Waals surface area (Å²) in [6, 6.07) is 10.9.